The summed E-state index contributed by atoms with van der Waals surface area (Å²) >= 11 is 0. The van der Waals surface area contributed by atoms with Crippen LogP contribution in [0.4, 0.5) is 0 Å². The molecule has 1 fully saturated rings. The Kier molecular flexibility index (Phi) is 7.91. The van der Waals surface area contributed by atoms with Gasteiger partial charge >= 0.3 is 0 Å². The molecule has 210 valence electrons. The summed E-state index contributed by atoms with van der Waals surface area (Å²) in [6.45, 7) is 5.84. The van der Waals surface area contributed by atoms with Crippen molar-refractivity contribution < 1.29 is 4.74 Å². The summed E-state index contributed by atoms with van der Waals surface area (Å²) < 4.78 is 7.66. The molecule has 1 N–H and O–H groups in total. The van der Waals surface area contributed by atoms with Crippen LogP contribution in [0.25, 0.3) is 10.9 Å². The average Bonchev–Trinajstić information content (AvgIpc) is 3.68. The predicted octanol–water partition coefficient (Wildman–Crippen LogP) is 6.13. The molecular formula is C33H36N6O2. The smallest absolute Gasteiger partial charge is 0.253 e. The Balaban J connectivity index is 1.50. The lowest BCUT2D eigenvalue weighted by Crippen LogP contribution is -2.35. The van der Waals surface area contributed by atoms with Crippen LogP contribution < -0.4 is 10.3 Å². The molecule has 0 radical (unpaired) electrons. The number of ether oxygens (including phenoxy) is 1. The lowest BCUT2D eigenvalue weighted by Gasteiger charge is -2.32. The Morgan fingerprint density at radius 3 is 2.44 bits per heavy atom. The molecule has 0 spiro atoms. The van der Waals surface area contributed by atoms with Crippen molar-refractivity contribution in [3.63, 3.8) is 0 Å². The van der Waals surface area contributed by atoms with Gasteiger partial charge in [-0.2, -0.15) is 0 Å². The van der Waals surface area contributed by atoms with Gasteiger partial charge in [-0.05, 0) is 83.5 Å². The van der Waals surface area contributed by atoms with Gasteiger partial charge in [0.1, 0.15) is 11.8 Å². The number of fused-ring (bicyclic) bond motifs is 1. The fraction of sp³-hybridized carbons (Fsp3) is 0.333. The Hall–Kier alpha value is -4.30. The van der Waals surface area contributed by atoms with Crippen LogP contribution in [0, 0.1) is 6.92 Å². The van der Waals surface area contributed by atoms with Crippen molar-refractivity contribution in [3.05, 3.63) is 117 Å². The molecule has 5 aromatic rings. The highest BCUT2D eigenvalue weighted by Gasteiger charge is 2.33. The fourth-order valence-electron chi connectivity index (χ4n) is 5.97. The van der Waals surface area contributed by atoms with Gasteiger partial charge in [-0.15, -0.1) is 5.10 Å². The molecule has 1 aliphatic carbocycles. The van der Waals surface area contributed by atoms with Crippen LogP contribution in [0.15, 0.2) is 83.7 Å². The third-order valence-electron chi connectivity index (χ3n) is 7.97. The molecule has 0 saturated heterocycles. The van der Waals surface area contributed by atoms with E-state index in [9.17, 15) is 4.79 Å². The second-order valence-electron chi connectivity index (χ2n) is 10.9. The first kappa shape index (κ1) is 26.9. The minimum atomic E-state index is -0.466. The zero-order valence-corrected chi connectivity index (χ0v) is 23.7. The molecule has 2 aromatic heterocycles. The van der Waals surface area contributed by atoms with E-state index in [0.29, 0.717) is 31.1 Å². The van der Waals surface area contributed by atoms with Gasteiger partial charge in [0.15, 0.2) is 5.82 Å². The number of nitrogens with one attached hydrogen (secondary N) is 1. The number of hydrogen-bond acceptors (Lipinski definition) is 6. The number of hydrogen-bond donors (Lipinski definition) is 1. The molecule has 41 heavy (non-hydrogen) atoms. The minimum absolute atomic E-state index is 0.126. The van der Waals surface area contributed by atoms with Gasteiger partial charge in [0, 0.05) is 24.2 Å². The van der Waals surface area contributed by atoms with Gasteiger partial charge < -0.3 is 9.72 Å². The van der Waals surface area contributed by atoms with Gasteiger partial charge in [0.05, 0.1) is 12.6 Å². The summed E-state index contributed by atoms with van der Waals surface area (Å²) in [5.74, 6) is 1.55. The van der Waals surface area contributed by atoms with Crippen molar-refractivity contribution in [2.45, 2.75) is 64.7 Å². The van der Waals surface area contributed by atoms with E-state index in [4.69, 9.17) is 4.74 Å². The van der Waals surface area contributed by atoms with Crippen LogP contribution >= 0.6 is 0 Å². The Bertz CT molecular complexity index is 1660. The number of tetrazole rings is 1. The maximum atomic E-state index is 13.9. The van der Waals surface area contributed by atoms with Crippen LogP contribution in [-0.2, 0) is 13.1 Å². The maximum Gasteiger partial charge on any atom is 0.253 e. The SMILES string of the molecule is CCOc1ccc(CN(Cc2ccccc2)C(c2cc3ccc(C)cc3[nH]c2=O)c2nnnn2C2CCCC2)cc1. The van der Waals surface area contributed by atoms with Gasteiger partial charge in [-0.25, -0.2) is 4.68 Å². The van der Waals surface area contributed by atoms with Crippen LogP contribution in [0.1, 0.15) is 72.8 Å². The summed E-state index contributed by atoms with van der Waals surface area (Å²) in [5, 5.41) is 14.2. The molecule has 0 amide bonds. The van der Waals surface area contributed by atoms with Crippen molar-refractivity contribution in [2.24, 2.45) is 0 Å². The van der Waals surface area contributed by atoms with Gasteiger partial charge in [-0.3, -0.25) is 9.69 Å². The van der Waals surface area contributed by atoms with E-state index in [2.05, 4.69) is 61.8 Å². The molecule has 1 atom stereocenters. The molecule has 2 heterocycles. The molecule has 1 unspecified atom stereocenters. The molecule has 8 nitrogen and oxygen atoms in total. The second kappa shape index (κ2) is 12.1. The maximum absolute atomic E-state index is 13.9. The molecular weight excluding hydrogens is 512 g/mol. The lowest BCUT2D eigenvalue weighted by molar-refractivity contribution is 0.190. The number of rotatable bonds is 10. The third kappa shape index (κ3) is 5.93. The van der Waals surface area contributed by atoms with Crippen LogP contribution in [0.2, 0.25) is 0 Å². The van der Waals surface area contributed by atoms with Crippen molar-refractivity contribution in [1.29, 1.82) is 0 Å². The zero-order chi connectivity index (χ0) is 28.2. The molecule has 8 heteroatoms. The normalized spacial score (nSPS) is 14.6. The highest BCUT2D eigenvalue weighted by molar-refractivity contribution is 5.79. The summed E-state index contributed by atoms with van der Waals surface area (Å²) in [7, 11) is 0. The minimum Gasteiger partial charge on any atom is -0.494 e. The largest absolute Gasteiger partial charge is 0.494 e. The highest BCUT2D eigenvalue weighted by atomic mass is 16.5. The zero-order valence-electron chi connectivity index (χ0n) is 23.7. The molecule has 6 rings (SSSR count). The van der Waals surface area contributed by atoms with Gasteiger partial charge in [0.25, 0.3) is 5.56 Å². The number of aromatic amines is 1. The van der Waals surface area contributed by atoms with Crippen LogP contribution in [0.3, 0.4) is 0 Å². The van der Waals surface area contributed by atoms with E-state index < -0.39 is 6.04 Å². The third-order valence-corrected chi connectivity index (χ3v) is 7.97. The first-order chi connectivity index (χ1) is 20.1. The second-order valence-corrected chi connectivity index (χ2v) is 10.9. The van der Waals surface area contributed by atoms with Crippen molar-refractivity contribution in [1.82, 2.24) is 30.1 Å². The van der Waals surface area contributed by atoms with Crippen molar-refractivity contribution in [2.75, 3.05) is 6.61 Å². The molecule has 0 aliphatic heterocycles. The number of H-pyrrole nitrogens is 1. The van der Waals surface area contributed by atoms with Crippen molar-refractivity contribution >= 4 is 10.9 Å². The molecule has 0 bridgehead atoms. The Morgan fingerprint density at radius 2 is 1.71 bits per heavy atom. The standard InChI is InChI=1S/C33H36N6O2/c1-3-41-28-17-14-25(15-18-28)22-38(21-24-9-5-4-6-10-24)31(32-35-36-37-39(32)27-11-7-8-12-27)29-20-26-16-13-23(2)19-30(26)34-33(29)40/h4-6,9-10,13-20,27,31H,3,7-8,11-12,21-22H2,1-2H3,(H,34,40). The monoisotopic (exact) mass is 548 g/mol. The Labute approximate surface area is 240 Å². The van der Waals surface area contributed by atoms with E-state index in [1.807, 2.05) is 61.0 Å². The predicted molar refractivity (Wildman–Crippen MR) is 160 cm³/mol. The summed E-state index contributed by atoms with van der Waals surface area (Å²) in [4.78, 5) is 19.3. The lowest BCUT2D eigenvalue weighted by atomic mass is 10.0. The van der Waals surface area contributed by atoms with E-state index in [0.717, 1.165) is 59.0 Å². The fourth-order valence-corrected chi connectivity index (χ4v) is 5.97. The number of nitrogens with zero attached hydrogens (tertiary/aromatic N) is 5. The van der Waals surface area contributed by atoms with E-state index in [1.165, 1.54) is 0 Å². The quantitative estimate of drug-likeness (QED) is 0.226. The Morgan fingerprint density at radius 1 is 0.976 bits per heavy atom. The first-order valence-corrected chi connectivity index (χ1v) is 14.5. The average molecular weight is 549 g/mol. The van der Waals surface area contributed by atoms with Crippen LogP contribution in [-0.4, -0.2) is 36.7 Å². The van der Waals surface area contributed by atoms with Crippen LogP contribution in [0.5, 0.6) is 5.75 Å². The van der Waals surface area contributed by atoms with E-state index in [-0.39, 0.29) is 11.6 Å². The van der Waals surface area contributed by atoms with Crippen molar-refractivity contribution in [3.8, 4) is 5.75 Å². The van der Waals surface area contributed by atoms with Gasteiger partial charge in [0.2, 0.25) is 0 Å². The summed E-state index contributed by atoms with van der Waals surface area (Å²) in [6, 6.07) is 26.5. The van der Waals surface area contributed by atoms with E-state index >= 15 is 0 Å². The number of pyridine rings is 1. The van der Waals surface area contributed by atoms with Gasteiger partial charge in [-0.1, -0.05) is 67.4 Å². The number of benzene rings is 3. The van der Waals surface area contributed by atoms with E-state index in [1.54, 1.807) is 0 Å². The number of aryl methyl sites for hydroxylation is 1. The molecule has 1 aliphatic rings. The topological polar surface area (TPSA) is 88.9 Å². The number of aromatic nitrogens is 5. The highest BCUT2D eigenvalue weighted by Crippen LogP contribution is 2.35. The summed E-state index contributed by atoms with van der Waals surface area (Å²) in [6.07, 6.45) is 4.39. The molecule has 1 saturated carbocycles. The summed E-state index contributed by atoms with van der Waals surface area (Å²) in [5.41, 5.74) is 4.70. The first-order valence-electron chi connectivity index (χ1n) is 14.5. The molecule has 3 aromatic carbocycles.